The SMILES string of the molecule is COc1cc(Cn2cccc(C#N)c2=O)ccc1C#N. The lowest BCUT2D eigenvalue weighted by atomic mass is 10.1. The van der Waals surface area contributed by atoms with Gasteiger partial charge in [0.1, 0.15) is 23.5 Å². The number of methoxy groups -OCH3 is 1. The molecule has 0 amide bonds. The summed E-state index contributed by atoms with van der Waals surface area (Å²) in [5.41, 5.74) is 1.03. The first kappa shape index (κ1) is 13.4. The number of hydrogen-bond donors (Lipinski definition) is 0. The summed E-state index contributed by atoms with van der Waals surface area (Å²) in [6, 6.07) is 12.1. The second-order valence-corrected chi connectivity index (χ2v) is 4.11. The molecule has 0 radical (unpaired) electrons. The highest BCUT2D eigenvalue weighted by Crippen LogP contribution is 2.19. The molecule has 1 aromatic heterocycles. The van der Waals surface area contributed by atoms with Crippen molar-refractivity contribution in [3.8, 4) is 17.9 Å². The molecule has 1 aromatic carbocycles. The van der Waals surface area contributed by atoms with Crippen LogP contribution < -0.4 is 10.3 Å². The predicted molar refractivity (Wildman–Crippen MR) is 72.2 cm³/mol. The van der Waals surface area contributed by atoms with E-state index in [1.54, 1.807) is 30.5 Å². The first-order valence-corrected chi connectivity index (χ1v) is 5.86. The summed E-state index contributed by atoms with van der Waals surface area (Å²) in [7, 11) is 1.49. The molecular formula is C15H11N3O2. The lowest BCUT2D eigenvalue weighted by Crippen LogP contribution is -2.22. The van der Waals surface area contributed by atoms with E-state index in [0.717, 1.165) is 5.56 Å². The number of benzene rings is 1. The molecule has 0 bridgehead atoms. The van der Waals surface area contributed by atoms with Gasteiger partial charge in [-0.05, 0) is 29.8 Å². The Kier molecular flexibility index (Phi) is 3.83. The number of nitrogens with zero attached hydrogens (tertiary/aromatic N) is 3. The molecule has 1 heterocycles. The number of nitriles is 2. The zero-order chi connectivity index (χ0) is 14.5. The van der Waals surface area contributed by atoms with Gasteiger partial charge in [0.2, 0.25) is 0 Å². The number of pyridine rings is 1. The highest BCUT2D eigenvalue weighted by Gasteiger charge is 2.06. The third kappa shape index (κ3) is 2.52. The van der Waals surface area contributed by atoms with E-state index < -0.39 is 0 Å². The van der Waals surface area contributed by atoms with Crippen molar-refractivity contribution in [2.45, 2.75) is 6.54 Å². The fourth-order valence-corrected chi connectivity index (χ4v) is 1.87. The number of aromatic nitrogens is 1. The Balaban J connectivity index is 2.39. The molecule has 0 saturated carbocycles. The third-order valence-corrected chi connectivity index (χ3v) is 2.88. The summed E-state index contributed by atoms with van der Waals surface area (Å²) in [4.78, 5) is 11.9. The van der Waals surface area contributed by atoms with E-state index in [0.29, 0.717) is 17.9 Å². The van der Waals surface area contributed by atoms with Gasteiger partial charge in [-0.2, -0.15) is 10.5 Å². The lowest BCUT2D eigenvalue weighted by molar-refractivity contribution is 0.413. The van der Waals surface area contributed by atoms with Crippen molar-refractivity contribution in [1.29, 1.82) is 10.5 Å². The maximum Gasteiger partial charge on any atom is 0.268 e. The van der Waals surface area contributed by atoms with Gasteiger partial charge in [-0.25, -0.2) is 0 Å². The van der Waals surface area contributed by atoms with E-state index in [4.69, 9.17) is 15.3 Å². The summed E-state index contributed by atoms with van der Waals surface area (Å²) in [6.07, 6.45) is 1.62. The average molecular weight is 265 g/mol. The molecule has 2 aromatic rings. The molecule has 2 rings (SSSR count). The van der Waals surface area contributed by atoms with Crippen LogP contribution in [0.5, 0.6) is 5.75 Å². The smallest absolute Gasteiger partial charge is 0.268 e. The largest absolute Gasteiger partial charge is 0.495 e. The topological polar surface area (TPSA) is 78.8 Å². The number of ether oxygens (including phenoxy) is 1. The Labute approximate surface area is 115 Å². The van der Waals surface area contributed by atoms with E-state index in [-0.39, 0.29) is 11.1 Å². The van der Waals surface area contributed by atoms with Gasteiger partial charge in [-0.3, -0.25) is 4.79 Å². The molecule has 0 spiro atoms. The van der Waals surface area contributed by atoms with Crippen LogP contribution in [0.3, 0.4) is 0 Å². The van der Waals surface area contributed by atoms with Crippen molar-refractivity contribution in [1.82, 2.24) is 4.57 Å². The van der Waals surface area contributed by atoms with E-state index in [1.165, 1.54) is 17.7 Å². The maximum atomic E-state index is 11.9. The molecule has 20 heavy (non-hydrogen) atoms. The molecular weight excluding hydrogens is 254 g/mol. The van der Waals surface area contributed by atoms with Crippen LogP contribution in [0.15, 0.2) is 41.3 Å². The summed E-state index contributed by atoms with van der Waals surface area (Å²) >= 11 is 0. The van der Waals surface area contributed by atoms with Crippen LogP contribution in [0.2, 0.25) is 0 Å². The second-order valence-electron chi connectivity index (χ2n) is 4.11. The minimum absolute atomic E-state index is 0.105. The molecule has 98 valence electrons. The van der Waals surface area contributed by atoms with Crippen molar-refractivity contribution in [2.24, 2.45) is 0 Å². The highest BCUT2D eigenvalue weighted by atomic mass is 16.5. The summed E-state index contributed by atoms with van der Waals surface area (Å²) in [5.74, 6) is 0.467. The molecule has 0 atom stereocenters. The standard InChI is InChI=1S/C15H11N3O2/c1-20-14-7-11(4-5-12(14)8-16)10-18-6-2-3-13(9-17)15(18)19/h2-7H,10H2,1H3. The Morgan fingerprint density at radius 3 is 2.60 bits per heavy atom. The van der Waals surface area contributed by atoms with E-state index in [9.17, 15) is 4.79 Å². The van der Waals surface area contributed by atoms with Crippen molar-refractivity contribution >= 4 is 0 Å². The average Bonchev–Trinajstić information content (AvgIpc) is 2.49. The Morgan fingerprint density at radius 1 is 1.20 bits per heavy atom. The zero-order valence-corrected chi connectivity index (χ0v) is 10.8. The molecule has 0 aliphatic heterocycles. The van der Waals surface area contributed by atoms with Crippen LogP contribution in [-0.2, 0) is 6.54 Å². The molecule has 0 saturated heterocycles. The molecule has 5 nitrogen and oxygen atoms in total. The molecule has 0 aliphatic carbocycles. The normalized spacial score (nSPS) is 9.55. The van der Waals surface area contributed by atoms with E-state index in [2.05, 4.69) is 0 Å². The molecule has 0 unspecified atom stereocenters. The predicted octanol–water partition coefficient (Wildman–Crippen LogP) is 1.65. The fourth-order valence-electron chi connectivity index (χ4n) is 1.87. The second kappa shape index (κ2) is 5.73. The van der Waals surface area contributed by atoms with Crippen LogP contribution in [0.1, 0.15) is 16.7 Å². The molecule has 0 aliphatic rings. The van der Waals surface area contributed by atoms with E-state index in [1.807, 2.05) is 12.1 Å². The first-order chi connectivity index (χ1) is 9.69. The Bertz CT molecular complexity index is 779. The number of rotatable bonds is 3. The third-order valence-electron chi connectivity index (χ3n) is 2.88. The Morgan fingerprint density at radius 2 is 1.95 bits per heavy atom. The quantitative estimate of drug-likeness (QED) is 0.845. The van der Waals surface area contributed by atoms with Gasteiger partial charge in [-0.1, -0.05) is 6.07 Å². The molecule has 5 heteroatoms. The summed E-state index contributed by atoms with van der Waals surface area (Å²) in [6.45, 7) is 0.316. The van der Waals surface area contributed by atoms with Crippen molar-refractivity contribution in [2.75, 3.05) is 7.11 Å². The summed E-state index contributed by atoms with van der Waals surface area (Å²) in [5, 5.41) is 17.8. The minimum atomic E-state index is -0.335. The summed E-state index contributed by atoms with van der Waals surface area (Å²) < 4.78 is 6.57. The van der Waals surface area contributed by atoms with Crippen LogP contribution in [0.4, 0.5) is 0 Å². The van der Waals surface area contributed by atoms with Crippen LogP contribution >= 0.6 is 0 Å². The fraction of sp³-hybridized carbons (Fsp3) is 0.133. The monoisotopic (exact) mass is 265 g/mol. The van der Waals surface area contributed by atoms with Crippen molar-refractivity contribution in [3.63, 3.8) is 0 Å². The van der Waals surface area contributed by atoms with Crippen LogP contribution in [0.25, 0.3) is 0 Å². The zero-order valence-electron chi connectivity index (χ0n) is 10.8. The maximum absolute atomic E-state index is 11.9. The van der Waals surface area contributed by atoms with Crippen molar-refractivity contribution in [3.05, 3.63) is 63.6 Å². The van der Waals surface area contributed by atoms with Crippen LogP contribution in [-0.4, -0.2) is 11.7 Å². The lowest BCUT2D eigenvalue weighted by Gasteiger charge is -2.08. The van der Waals surface area contributed by atoms with Gasteiger partial charge in [0.25, 0.3) is 5.56 Å². The minimum Gasteiger partial charge on any atom is -0.495 e. The van der Waals surface area contributed by atoms with Gasteiger partial charge in [0.15, 0.2) is 0 Å². The molecule has 0 N–H and O–H groups in total. The molecule has 0 fully saturated rings. The highest BCUT2D eigenvalue weighted by molar-refractivity contribution is 5.45. The van der Waals surface area contributed by atoms with Gasteiger partial charge in [0, 0.05) is 6.20 Å². The van der Waals surface area contributed by atoms with Gasteiger partial charge < -0.3 is 9.30 Å². The van der Waals surface area contributed by atoms with Gasteiger partial charge in [0.05, 0.1) is 19.2 Å². The van der Waals surface area contributed by atoms with Gasteiger partial charge >= 0.3 is 0 Å². The number of hydrogen-bond acceptors (Lipinski definition) is 4. The van der Waals surface area contributed by atoms with Crippen LogP contribution in [0, 0.1) is 22.7 Å². The van der Waals surface area contributed by atoms with Crippen molar-refractivity contribution < 1.29 is 4.74 Å². The Hall–Kier alpha value is -3.05. The van der Waals surface area contributed by atoms with Gasteiger partial charge in [-0.15, -0.1) is 0 Å². The first-order valence-electron chi connectivity index (χ1n) is 5.86. The van der Waals surface area contributed by atoms with E-state index >= 15 is 0 Å².